The Bertz CT molecular complexity index is 207. The molecule has 12 heavy (non-hydrogen) atoms. The fourth-order valence-corrected chi connectivity index (χ4v) is 0.597. The number of carbonyl (C=O) groups excluding carboxylic acids is 1. The first-order valence-corrected chi connectivity index (χ1v) is 3.76. The van der Waals surface area contributed by atoms with Crippen LogP contribution in [0.5, 0.6) is 0 Å². The molecule has 0 aliphatic heterocycles. The smallest absolute Gasteiger partial charge is 0.375 e. The summed E-state index contributed by atoms with van der Waals surface area (Å²) in [5.74, 6) is -0.378. The number of esters is 1. The summed E-state index contributed by atoms with van der Waals surface area (Å²) in [4.78, 5) is 18.7. The van der Waals surface area contributed by atoms with Gasteiger partial charge in [0.15, 0.2) is 0 Å². The van der Waals surface area contributed by atoms with Crippen molar-refractivity contribution >= 4 is 18.0 Å². The third kappa shape index (κ3) is 3.85. The summed E-state index contributed by atoms with van der Waals surface area (Å²) in [5.41, 5.74) is 0. The van der Waals surface area contributed by atoms with E-state index in [4.69, 9.17) is 0 Å². The monoisotopic (exact) mass is 170 g/mol. The molecule has 0 aromatic heterocycles. The second kappa shape index (κ2) is 5.46. The molecule has 0 amide bonds. The van der Waals surface area contributed by atoms with E-state index in [1.807, 2.05) is 13.8 Å². The van der Waals surface area contributed by atoms with Crippen molar-refractivity contribution in [1.29, 1.82) is 0 Å². The van der Waals surface area contributed by atoms with Crippen molar-refractivity contribution < 1.29 is 9.53 Å². The highest BCUT2D eigenvalue weighted by molar-refractivity contribution is 6.36. The lowest BCUT2D eigenvalue weighted by Crippen LogP contribution is -2.15. The standard InChI is InChI=1S/C8H14N2O2/c1-5-9-7(8(11)12-4)10-6(2)3/h5-6H,1-4H3. The minimum Gasteiger partial charge on any atom is -0.463 e. The lowest BCUT2D eigenvalue weighted by Gasteiger charge is -2.00. The summed E-state index contributed by atoms with van der Waals surface area (Å²) in [7, 11) is 1.31. The maximum absolute atomic E-state index is 11.0. The Balaban J connectivity index is 4.54. The van der Waals surface area contributed by atoms with E-state index in [1.54, 1.807) is 6.92 Å². The minimum absolute atomic E-state index is 0.0443. The largest absolute Gasteiger partial charge is 0.463 e. The van der Waals surface area contributed by atoms with Gasteiger partial charge in [0.1, 0.15) is 0 Å². The zero-order valence-electron chi connectivity index (χ0n) is 7.87. The van der Waals surface area contributed by atoms with Crippen molar-refractivity contribution in [2.24, 2.45) is 9.98 Å². The predicted molar refractivity (Wildman–Crippen MR) is 48.8 cm³/mol. The first-order chi connectivity index (χ1) is 5.61. The van der Waals surface area contributed by atoms with Gasteiger partial charge in [-0.2, -0.15) is 0 Å². The molecular weight excluding hydrogens is 156 g/mol. The number of amidine groups is 1. The van der Waals surface area contributed by atoms with Gasteiger partial charge in [-0.25, -0.2) is 9.79 Å². The Morgan fingerprint density at radius 2 is 2.08 bits per heavy atom. The van der Waals surface area contributed by atoms with Gasteiger partial charge in [0.2, 0.25) is 5.84 Å². The van der Waals surface area contributed by atoms with Crippen LogP contribution in [0.2, 0.25) is 0 Å². The Kier molecular flexibility index (Phi) is 4.92. The first kappa shape index (κ1) is 10.8. The molecule has 0 radical (unpaired) electrons. The molecule has 0 aromatic carbocycles. The van der Waals surface area contributed by atoms with Crippen LogP contribution in [-0.2, 0) is 9.53 Å². The number of methoxy groups -OCH3 is 1. The van der Waals surface area contributed by atoms with E-state index in [0.717, 1.165) is 0 Å². The maximum atomic E-state index is 11.0. The van der Waals surface area contributed by atoms with Gasteiger partial charge in [0.05, 0.1) is 7.11 Å². The minimum atomic E-state index is -0.498. The van der Waals surface area contributed by atoms with Gasteiger partial charge < -0.3 is 4.74 Å². The van der Waals surface area contributed by atoms with Gasteiger partial charge in [-0.1, -0.05) is 0 Å². The average Bonchev–Trinajstić information content (AvgIpc) is 2.01. The highest BCUT2D eigenvalue weighted by atomic mass is 16.5. The van der Waals surface area contributed by atoms with Crippen LogP contribution < -0.4 is 0 Å². The lowest BCUT2D eigenvalue weighted by molar-refractivity contribution is -0.132. The number of aliphatic imine (C=N–C) groups is 2. The Morgan fingerprint density at radius 1 is 1.50 bits per heavy atom. The summed E-state index contributed by atoms with van der Waals surface area (Å²) in [6.45, 7) is 5.46. The summed E-state index contributed by atoms with van der Waals surface area (Å²) in [5, 5.41) is 0. The van der Waals surface area contributed by atoms with Crippen LogP contribution in [0.1, 0.15) is 20.8 Å². The van der Waals surface area contributed by atoms with Gasteiger partial charge in [-0.3, -0.25) is 4.99 Å². The molecule has 0 aliphatic carbocycles. The van der Waals surface area contributed by atoms with E-state index in [2.05, 4.69) is 14.7 Å². The molecule has 0 unspecified atom stereocenters. The fraction of sp³-hybridized carbons (Fsp3) is 0.625. The number of carbonyl (C=O) groups is 1. The number of ether oxygens (including phenoxy) is 1. The van der Waals surface area contributed by atoms with E-state index in [1.165, 1.54) is 13.3 Å². The maximum Gasteiger partial charge on any atom is 0.375 e. The quantitative estimate of drug-likeness (QED) is 0.335. The van der Waals surface area contributed by atoms with E-state index < -0.39 is 5.97 Å². The van der Waals surface area contributed by atoms with Crippen LogP contribution in [0, 0.1) is 0 Å². The van der Waals surface area contributed by atoms with Crippen LogP contribution in [0.25, 0.3) is 0 Å². The normalized spacial score (nSPS) is 12.6. The summed E-state index contributed by atoms with van der Waals surface area (Å²) < 4.78 is 4.48. The van der Waals surface area contributed by atoms with Crippen LogP contribution >= 0.6 is 0 Å². The van der Waals surface area contributed by atoms with Crippen molar-refractivity contribution in [3.05, 3.63) is 0 Å². The highest BCUT2D eigenvalue weighted by Crippen LogP contribution is 1.92. The number of nitrogens with zero attached hydrogens (tertiary/aromatic N) is 2. The number of rotatable bonds is 1. The molecule has 0 N–H and O–H groups in total. The van der Waals surface area contributed by atoms with E-state index in [0.29, 0.717) is 0 Å². The molecule has 0 saturated carbocycles. The van der Waals surface area contributed by atoms with E-state index >= 15 is 0 Å². The van der Waals surface area contributed by atoms with Crippen molar-refractivity contribution in [3.8, 4) is 0 Å². The van der Waals surface area contributed by atoms with Gasteiger partial charge in [0, 0.05) is 12.3 Å². The van der Waals surface area contributed by atoms with Gasteiger partial charge >= 0.3 is 5.97 Å². The molecule has 0 atom stereocenters. The second-order valence-electron chi connectivity index (χ2n) is 2.43. The molecule has 68 valence electrons. The fourth-order valence-electron chi connectivity index (χ4n) is 0.597. The zero-order chi connectivity index (χ0) is 9.56. The molecule has 0 aromatic rings. The average molecular weight is 170 g/mol. The van der Waals surface area contributed by atoms with Crippen LogP contribution in [0.4, 0.5) is 0 Å². The Morgan fingerprint density at radius 3 is 2.42 bits per heavy atom. The van der Waals surface area contributed by atoms with Crippen LogP contribution in [-0.4, -0.2) is 31.2 Å². The third-order valence-electron chi connectivity index (χ3n) is 1.000. The third-order valence-corrected chi connectivity index (χ3v) is 1.000. The SMILES string of the molecule is CC=NC(=NC(C)C)C(=O)OC. The molecule has 0 aliphatic rings. The van der Waals surface area contributed by atoms with Crippen molar-refractivity contribution in [2.45, 2.75) is 26.8 Å². The molecule has 0 saturated heterocycles. The number of hydrogen-bond donors (Lipinski definition) is 0. The van der Waals surface area contributed by atoms with Crippen LogP contribution in [0.15, 0.2) is 9.98 Å². The molecule has 0 rings (SSSR count). The molecular formula is C8H14N2O2. The summed E-state index contributed by atoms with van der Waals surface area (Å²) in [6, 6.07) is 0.0443. The van der Waals surface area contributed by atoms with Gasteiger partial charge in [0.25, 0.3) is 0 Å². The van der Waals surface area contributed by atoms with E-state index in [9.17, 15) is 4.79 Å². The van der Waals surface area contributed by atoms with E-state index in [-0.39, 0.29) is 11.9 Å². The molecule has 4 heteroatoms. The molecule has 0 bridgehead atoms. The highest BCUT2D eigenvalue weighted by Gasteiger charge is 2.09. The topological polar surface area (TPSA) is 51.0 Å². The molecule has 0 spiro atoms. The van der Waals surface area contributed by atoms with Gasteiger partial charge in [-0.05, 0) is 20.8 Å². The summed E-state index contributed by atoms with van der Waals surface area (Å²) in [6.07, 6.45) is 1.51. The molecule has 0 fully saturated rings. The Hall–Kier alpha value is -1.19. The second-order valence-corrected chi connectivity index (χ2v) is 2.43. The zero-order valence-corrected chi connectivity index (χ0v) is 7.87. The first-order valence-electron chi connectivity index (χ1n) is 3.76. The predicted octanol–water partition coefficient (Wildman–Crippen LogP) is 1.06. The summed E-state index contributed by atoms with van der Waals surface area (Å²) >= 11 is 0. The van der Waals surface area contributed by atoms with Crippen molar-refractivity contribution in [3.63, 3.8) is 0 Å². The Labute approximate surface area is 72.4 Å². The van der Waals surface area contributed by atoms with Crippen LogP contribution in [0.3, 0.4) is 0 Å². The van der Waals surface area contributed by atoms with Gasteiger partial charge in [-0.15, -0.1) is 0 Å². The number of hydrogen-bond acceptors (Lipinski definition) is 3. The van der Waals surface area contributed by atoms with Crippen molar-refractivity contribution in [1.82, 2.24) is 0 Å². The van der Waals surface area contributed by atoms with Crippen molar-refractivity contribution in [2.75, 3.05) is 7.11 Å². The molecule has 0 heterocycles. The molecule has 4 nitrogen and oxygen atoms in total. The lowest BCUT2D eigenvalue weighted by atomic mass is 10.4.